The quantitative estimate of drug-likeness (QED) is 0.0275. The van der Waals surface area contributed by atoms with E-state index in [1.807, 2.05) is 0 Å². The molecule has 39 N–H and O–H groups in total. The van der Waals surface area contributed by atoms with Gasteiger partial charge in [-0.1, -0.05) is 0 Å². The molecule has 62 nitrogen and oxygen atoms in total. The van der Waals surface area contributed by atoms with Gasteiger partial charge in [-0.05, 0) is 0 Å². The fourth-order valence-corrected chi connectivity index (χ4v) is 16.2. The second-order valence-electron chi connectivity index (χ2n) is 32.6. The molecule has 10 rings (SSSR count). The topological polar surface area (TPSA) is 1040 Å². The van der Waals surface area contributed by atoms with Crippen molar-refractivity contribution in [3.8, 4) is 0 Å². The van der Waals surface area contributed by atoms with E-state index in [9.17, 15) is 213 Å². The zero-order valence-electron chi connectivity index (χ0n) is 67.6. The standard InChI is InChI=1S/C69H111NO61/c70-23-28(88)26(86)22(11-115-68(65(108)109)1-12(76)24(84)44(130-68)15(79)5-72)116-57(23)123-50-34(94)38(98)61(127-54(50)56(104)105)122-49-39(99)43(19(83)9-113-58-35(95)30(90)32(92)42(118-58)14(78)4-71)119-62(40(49)100)124-51-41(101)63(121-48-20(3-67(112,64(106)107)129-47(48)18(82)8-75)128-69(66(110)111)2-13(77)25(85)45(131-69)16(80)6-73)120-46(17(81)7-74)53(51)126-60-37(97)29(89)27(87)21(117-60)10-114-59-36(96)31(91)33(93)52(125-59)55(102)103/h12-54,57-63,71-101,112H,1-11,70H2,(H,102,103)(H,104,105)(H,106,107)(H,108,109)(H,110,111)/t12-,13-,14+,15-,16-,17+,18-,19+,20-,21-,22-,23-,24-,25-,26-,27-,28-,29+,30+,31+,32+,33-,34-,35+,36-,37-,38-,39-,40+,41+,42-,43-,44-,45-,46-,47-,48-,49+,50-,51-,52+,53-,54+,57-,58+,59-,60+,61+,62-,63-,67-,68-,69-/m1/s1. The number of aliphatic hydroxyl groups is 32. The molecule has 0 amide bonds. The molecule has 62 heteroatoms. The number of aliphatic hydroxyl groups excluding tert-OH is 31. The second kappa shape index (κ2) is 44.6. The van der Waals surface area contributed by atoms with Crippen LogP contribution < -0.4 is 5.73 Å². The van der Waals surface area contributed by atoms with Crippen LogP contribution in [0.15, 0.2) is 0 Å². The minimum absolute atomic E-state index is 1.15. The molecule has 0 bridgehead atoms. The van der Waals surface area contributed by atoms with E-state index in [0.717, 1.165) is 0 Å². The van der Waals surface area contributed by atoms with E-state index < -0.39 is 426 Å². The van der Waals surface area contributed by atoms with E-state index in [2.05, 4.69) is 0 Å². The van der Waals surface area contributed by atoms with Crippen molar-refractivity contribution in [1.29, 1.82) is 0 Å². The molecule has 758 valence electrons. The van der Waals surface area contributed by atoms with E-state index in [4.69, 9.17) is 95.7 Å². The van der Waals surface area contributed by atoms with Crippen LogP contribution >= 0.6 is 0 Å². The van der Waals surface area contributed by atoms with Gasteiger partial charge in [0.1, 0.15) is 226 Å². The number of rotatable bonds is 37. The van der Waals surface area contributed by atoms with Gasteiger partial charge in [0.25, 0.3) is 17.4 Å². The Morgan fingerprint density at radius 3 is 1.27 bits per heavy atom. The fourth-order valence-electron chi connectivity index (χ4n) is 16.2. The molecule has 0 aliphatic carbocycles. The van der Waals surface area contributed by atoms with Gasteiger partial charge in [0.05, 0.1) is 77.2 Å². The highest BCUT2D eigenvalue weighted by molar-refractivity contribution is 5.77. The van der Waals surface area contributed by atoms with E-state index >= 15 is 0 Å². The lowest BCUT2D eigenvalue weighted by molar-refractivity contribution is -0.417. The highest BCUT2D eigenvalue weighted by atomic mass is 16.8. The Morgan fingerprint density at radius 2 is 0.718 bits per heavy atom. The molecule has 131 heavy (non-hydrogen) atoms. The summed E-state index contributed by atoms with van der Waals surface area (Å²) < 4.78 is 108. The normalized spacial score (nSPS) is 48.7. The molecule has 0 radical (unpaired) electrons. The first-order valence-electron chi connectivity index (χ1n) is 40.2. The summed E-state index contributed by atoms with van der Waals surface area (Å²) in [4.78, 5) is 64.7. The summed E-state index contributed by atoms with van der Waals surface area (Å²) in [6, 6.07) is -2.08. The number of carbonyl (C=O) groups is 5. The highest BCUT2D eigenvalue weighted by Crippen LogP contribution is 2.45. The van der Waals surface area contributed by atoms with Crippen LogP contribution in [-0.2, 0) is 114 Å². The van der Waals surface area contributed by atoms with Crippen molar-refractivity contribution in [2.24, 2.45) is 5.73 Å². The molecule has 0 aromatic rings. The molecule has 0 aromatic heterocycles. The summed E-state index contributed by atoms with van der Waals surface area (Å²) in [6.45, 7) is -11.1. The second-order valence-corrected chi connectivity index (χ2v) is 32.6. The van der Waals surface area contributed by atoms with E-state index in [-0.39, 0.29) is 0 Å². The van der Waals surface area contributed by atoms with E-state index in [0.29, 0.717) is 0 Å². The Labute approximate surface area is 732 Å². The Balaban J connectivity index is 1.04. The molecule has 10 heterocycles. The molecular formula is C69H111NO61. The summed E-state index contributed by atoms with van der Waals surface area (Å²) in [5, 5.41) is 408. The minimum atomic E-state index is -3.79. The molecule has 0 aromatic carbocycles. The van der Waals surface area contributed by atoms with Gasteiger partial charge in [-0.15, -0.1) is 0 Å². The average molecular weight is 1930 g/mol. The number of hydrogen-bond acceptors (Lipinski definition) is 57. The van der Waals surface area contributed by atoms with Gasteiger partial charge in [0.2, 0.25) is 0 Å². The number of nitrogens with two attached hydrogens (primary N) is 1. The van der Waals surface area contributed by atoms with Crippen LogP contribution in [-0.4, -0.2) is 595 Å². The Morgan fingerprint density at radius 1 is 0.321 bits per heavy atom. The first-order valence-corrected chi connectivity index (χ1v) is 40.2. The number of carboxylic acid groups (broad SMARTS) is 5. The molecule has 0 saturated carbocycles. The van der Waals surface area contributed by atoms with E-state index in [1.165, 1.54) is 0 Å². The third-order valence-corrected chi connectivity index (χ3v) is 23.7. The zero-order valence-corrected chi connectivity index (χ0v) is 67.6. The zero-order chi connectivity index (χ0) is 97.5. The summed E-state index contributed by atoms with van der Waals surface area (Å²) in [5.41, 5.74) is 6.15. The lowest BCUT2D eigenvalue weighted by atomic mass is 9.89. The van der Waals surface area contributed by atoms with Crippen molar-refractivity contribution in [3.63, 3.8) is 0 Å². The van der Waals surface area contributed by atoms with Crippen LogP contribution in [0.5, 0.6) is 0 Å². The molecule has 0 spiro atoms. The molecule has 10 fully saturated rings. The Bertz CT molecular complexity index is 3690. The molecule has 53 atom stereocenters. The van der Waals surface area contributed by atoms with Crippen LogP contribution in [0.4, 0.5) is 0 Å². The van der Waals surface area contributed by atoms with Gasteiger partial charge in [-0.25, -0.2) is 24.0 Å². The van der Waals surface area contributed by atoms with Crippen LogP contribution in [0.25, 0.3) is 0 Å². The maximum atomic E-state index is 13.5. The Kier molecular flexibility index (Phi) is 36.9. The van der Waals surface area contributed by atoms with Gasteiger partial charge >= 0.3 is 29.8 Å². The first kappa shape index (κ1) is 108. The van der Waals surface area contributed by atoms with Crippen LogP contribution in [0.1, 0.15) is 19.3 Å². The third-order valence-electron chi connectivity index (χ3n) is 23.7. The number of ether oxygens (including phenoxy) is 19. The predicted molar refractivity (Wildman–Crippen MR) is 384 cm³/mol. The van der Waals surface area contributed by atoms with Gasteiger partial charge < -0.3 is 285 Å². The summed E-state index contributed by atoms with van der Waals surface area (Å²) >= 11 is 0. The number of aliphatic carboxylic acids is 5. The fraction of sp³-hybridized carbons (Fsp3) is 0.928. The predicted octanol–water partition coefficient (Wildman–Crippen LogP) is -25.0. The Hall–Kier alpha value is -4.73. The third kappa shape index (κ3) is 22.6. The molecular weight excluding hydrogens is 1820 g/mol. The SMILES string of the molecule is N[C@H]1[C@@H](O[C@@H]2[C@H](O)[C@@H](O)[C@@H](O[C@@H]3[C@H](O)[C@@H](O[C@@H]4[C@H](O)[C@@H](O[C@H]5[C@@H]([C@H](O)CO)O[C@@](O)(C(=O)O)C[C@H]5O[C@]5(C(=O)O)C[C@@H](O)[C@@H](O)[C@@H]([C@H](O)CO)O5)O[C@H]([C@@H](O)CO)[C@H]4O[C@@H]4O[C@H](CO[C@@H]5O[C@H](C(=O)O)[C@H](O)[C@H](O)[C@H]5O)[C@@H](O)[C@H](O)[C@H]4O)O[C@H]([C@@H](O)CO[C@H]4O[C@H]([C@@H](O)CO)[C@@H](O)[C@H](O)[C@@H]4O)[C@H]3O)O[C@@H]2C(=O)O)O[C@H](CO[C@]2(C(=O)O)C[C@@H](O)[C@@H](O)[C@@H]([C@H](O)CO)O2)[C@@H](O)[C@@H]1O. The molecule has 10 aliphatic heterocycles. The van der Waals surface area contributed by atoms with Crippen molar-refractivity contribution < 1.29 is 303 Å². The highest BCUT2D eigenvalue weighted by Gasteiger charge is 2.66. The lowest BCUT2D eigenvalue weighted by Crippen LogP contribution is -2.71. The molecule has 10 aliphatic rings. The number of hydrogen-bond donors (Lipinski definition) is 38. The summed E-state index contributed by atoms with van der Waals surface area (Å²) in [6.07, 6.45) is -129. The number of carboxylic acids is 5. The minimum Gasteiger partial charge on any atom is -0.479 e. The van der Waals surface area contributed by atoms with Crippen LogP contribution in [0.2, 0.25) is 0 Å². The average Bonchev–Trinajstić information content (AvgIpc) is 0.747. The van der Waals surface area contributed by atoms with Crippen molar-refractivity contribution in [2.45, 2.75) is 343 Å². The van der Waals surface area contributed by atoms with Gasteiger partial charge in [0, 0.05) is 19.3 Å². The smallest absolute Gasteiger partial charge is 0.364 e. The van der Waals surface area contributed by atoms with Crippen LogP contribution in [0, 0.1) is 0 Å². The summed E-state index contributed by atoms with van der Waals surface area (Å²) in [7, 11) is 0. The van der Waals surface area contributed by atoms with Crippen LogP contribution in [0.3, 0.4) is 0 Å². The maximum Gasteiger partial charge on any atom is 0.364 e. The van der Waals surface area contributed by atoms with Crippen molar-refractivity contribution in [3.05, 3.63) is 0 Å². The van der Waals surface area contributed by atoms with Crippen molar-refractivity contribution >= 4 is 29.8 Å². The lowest BCUT2D eigenvalue weighted by Gasteiger charge is -2.53. The van der Waals surface area contributed by atoms with E-state index in [1.54, 1.807) is 0 Å². The monoisotopic (exact) mass is 1930 g/mol. The van der Waals surface area contributed by atoms with Crippen molar-refractivity contribution in [2.75, 3.05) is 52.9 Å². The van der Waals surface area contributed by atoms with Crippen molar-refractivity contribution in [1.82, 2.24) is 0 Å². The summed E-state index contributed by atoms with van der Waals surface area (Å²) in [5.74, 6) is -21.5. The first-order chi connectivity index (χ1) is 61.3. The maximum absolute atomic E-state index is 13.5. The molecule has 10 saturated heterocycles. The van der Waals surface area contributed by atoms with Gasteiger partial charge in [-0.2, -0.15) is 0 Å². The molecule has 0 unspecified atom stereocenters. The largest absolute Gasteiger partial charge is 0.479 e. The van der Waals surface area contributed by atoms with Gasteiger partial charge in [0.15, 0.2) is 56.2 Å². The van der Waals surface area contributed by atoms with Gasteiger partial charge in [-0.3, -0.25) is 0 Å².